The van der Waals surface area contributed by atoms with Crippen molar-refractivity contribution in [3.63, 3.8) is 0 Å². The number of amides is 1. The van der Waals surface area contributed by atoms with E-state index < -0.39 is 0 Å². The summed E-state index contributed by atoms with van der Waals surface area (Å²) in [6, 6.07) is 14.7. The van der Waals surface area contributed by atoms with Gasteiger partial charge in [-0.1, -0.05) is 48.8 Å². The van der Waals surface area contributed by atoms with Crippen LogP contribution in [0.4, 0.5) is 0 Å². The quantitative estimate of drug-likeness (QED) is 0.453. The molecule has 0 radical (unpaired) electrons. The molecule has 0 saturated heterocycles. The molecule has 0 aliphatic carbocycles. The molecule has 1 aromatic heterocycles. The van der Waals surface area contributed by atoms with E-state index in [0.29, 0.717) is 29.7 Å². The molecule has 3 rings (SSSR count). The summed E-state index contributed by atoms with van der Waals surface area (Å²) in [4.78, 5) is 35.8. The second kappa shape index (κ2) is 10.4. The lowest BCUT2D eigenvalue weighted by Crippen LogP contribution is -2.43. The number of hydrogen-bond acceptors (Lipinski definition) is 4. The highest BCUT2D eigenvalue weighted by Gasteiger charge is 2.30. The average molecular weight is 499 g/mol. The summed E-state index contributed by atoms with van der Waals surface area (Å²) in [5, 5.41) is 0.559. The molecule has 170 valence electrons. The highest BCUT2D eigenvalue weighted by molar-refractivity contribution is 9.10. The Morgan fingerprint density at radius 3 is 2.31 bits per heavy atom. The summed E-state index contributed by atoms with van der Waals surface area (Å²) in [5.74, 6) is 0.495. The number of fused-ring (bicyclic) bond motifs is 1. The minimum Gasteiger partial charge on any atom is -0.331 e. The van der Waals surface area contributed by atoms with Crippen molar-refractivity contribution < 1.29 is 4.79 Å². The van der Waals surface area contributed by atoms with E-state index in [9.17, 15) is 9.59 Å². The zero-order chi connectivity index (χ0) is 23.4. The molecule has 0 aliphatic rings. The lowest BCUT2D eigenvalue weighted by atomic mass is 10.1. The Morgan fingerprint density at radius 1 is 1.06 bits per heavy atom. The van der Waals surface area contributed by atoms with Gasteiger partial charge in [-0.3, -0.25) is 14.2 Å². The molecule has 0 spiro atoms. The topological polar surface area (TPSA) is 58.4 Å². The number of hydrogen-bond donors (Lipinski definition) is 0. The van der Waals surface area contributed by atoms with Crippen LogP contribution in [0.2, 0.25) is 0 Å². The standard InChI is InChI=1S/C25H31BrN4O2/c1-6-22(29(16-15-28(4)5)24(31)17(2)3)23-27-21-10-8-7-9-20(21)25(32)30(23)19-13-11-18(26)12-14-19/h7-14,17,22H,6,15-16H2,1-5H3. The molecule has 0 fully saturated rings. The number of likely N-dealkylation sites (N-methyl/N-ethyl adjacent to an activating group) is 1. The molecule has 0 N–H and O–H groups in total. The van der Waals surface area contributed by atoms with E-state index in [4.69, 9.17) is 4.98 Å². The van der Waals surface area contributed by atoms with Crippen LogP contribution in [0, 0.1) is 5.92 Å². The molecule has 0 saturated carbocycles. The Hall–Kier alpha value is -2.51. The number of para-hydroxylation sites is 1. The van der Waals surface area contributed by atoms with Gasteiger partial charge in [0.25, 0.3) is 5.56 Å². The number of carbonyl (C=O) groups excluding carboxylic acids is 1. The Labute approximate surface area is 198 Å². The van der Waals surface area contributed by atoms with Crippen molar-refractivity contribution in [3.05, 3.63) is 69.2 Å². The number of aromatic nitrogens is 2. The van der Waals surface area contributed by atoms with Crippen molar-refractivity contribution in [2.24, 2.45) is 5.92 Å². The minimum atomic E-state index is -0.328. The molecule has 7 heteroatoms. The summed E-state index contributed by atoms with van der Waals surface area (Å²) in [6.45, 7) is 7.14. The van der Waals surface area contributed by atoms with Gasteiger partial charge in [-0.15, -0.1) is 0 Å². The molecular formula is C25H31BrN4O2. The van der Waals surface area contributed by atoms with Crippen LogP contribution in [0.1, 0.15) is 39.1 Å². The summed E-state index contributed by atoms with van der Waals surface area (Å²) in [5.41, 5.74) is 1.24. The number of rotatable bonds is 8. The maximum absolute atomic E-state index is 13.6. The smallest absolute Gasteiger partial charge is 0.266 e. The van der Waals surface area contributed by atoms with E-state index in [2.05, 4.69) is 20.8 Å². The van der Waals surface area contributed by atoms with E-state index in [1.807, 2.05) is 82.2 Å². The highest BCUT2D eigenvalue weighted by atomic mass is 79.9. The zero-order valence-corrected chi connectivity index (χ0v) is 21.0. The van der Waals surface area contributed by atoms with Crippen LogP contribution in [0.25, 0.3) is 16.6 Å². The zero-order valence-electron chi connectivity index (χ0n) is 19.4. The molecule has 2 aromatic carbocycles. The lowest BCUT2D eigenvalue weighted by Gasteiger charge is -2.34. The predicted molar refractivity (Wildman–Crippen MR) is 133 cm³/mol. The van der Waals surface area contributed by atoms with E-state index in [-0.39, 0.29) is 23.4 Å². The summed E-state index contributed by atoms with van der Waals surface area (Å²) in [7, 11) is 3.98. The van der Waals surface area contributed by atoms with Crippen molar-refractivity contribution in [1.82, 2.24) is 19.4 Å². The molecule has 1 unspecified atom stereocenters. The first-order valence-electron chi connectivity index (χ1n) is 11.0. The molecule has 3 aromatic rings. The van der Waals surface area contributed by atoms with Crippen LogP contribution in [0.5, 0.6) is 0 Å². The third-order valence-electron chi connectivity index (χ3n) is 5.51. The minimum absolute atomic E-state index is 0.0588. The predicted octanol–water partition coefficient (Wildman–Crippen LogP) is 4.65. The van der Waals surface area contributed by atoms with E-state index >= 15 is 0 Å². The van der Waals surface area contributed by atoms with Crippen LogP contribution in [-0.4, -0.2) is 52.4 Å². The Morgan fingerprint density at radius 2 is 1.72 bits per heavy atom. The van der Waals surface area contributed by atoms with Crippen molar-refractivity contribution in [2.75, 3.05) is 27.2 Å². The van der Waals surface area contributed by atoms with E-state index in [0.717, 1.165) is 16.7 Å². The fraction of sp³-hybridized carbons (Fsp3) is 0.400. The molecular weight excluding hydrogens is 468 g/mol. The van der Waals surface area contributed by atoms with Crippen LogP contribution >= 0.6 is 15.9 Å². The van der Waals surface area contributed by atoms with Gasteiger partial charge in [0.05, 0.1) is 22.6 Å². The number of carbonyl (C=O) groups is 1. The lowest BCUT2D eigenvalue weighted by molar-refractivity contribution is -0.137. The third-order valence-corrected chi connectivity index (χ3v) is 6.04. The van der Waals surface area contributed by atoms with Gasteiger partial charge in [0.2, 0.25) is 5.91 Å². The molecule has 32 heavy (non-hydrogen) atoms. The first-order chi connectivity index (χ1) is 15.2. The molecule has 0 aliphatic heterocycles. The van der Waals surface area contributed by atoms with Crippen LogP contribution in [-0.2, 0) is 4.79 Å². The first-order valence-corrected chi connectivity index (χ1v) is 11.8. The number of nitrogens with zero attached hydrogens (tertiary/aromatic N) is 4. The first kappa shape index (κ1) is 24.1. The van der Waals surface area contributed by atoms with Crippen LogP contribution in [0.15, 0.2) is 57.8 Å². The van der Waals surface area contributed by atoms with Crippen LogP contribution in [0.3, 0.4) is 0 Å². The monoisotopic (exact) mass is 498 g/mol. The van der Waals surface area contributed by atoms with Crippen LogP contribution < -0.4 is 5.56 Å². The maximum Gasteiger partial charge on any atom is 0.266 e. The van der Waals surface area contributed by atoms with Gasteiger partial charge in [-0.05, 0) is 56.9 Å². The second-order valence-corrected chi connectivity index (χ2v) is 9.43. The second-order valence-electron chi connectivity index (χ2n) is 8.52. The van der Waals surface area contributed by atoms with Gasteiger partial charge in [0.1, 0.15) is 5.82 Å². The normalized spacial score (nSPS) is 12.5. The molecule has 0 bridgehead atoms. The van der Waals surface area contributed by atoms with Crippen molar-refractivity contribution in [1.29, 1.82) is 0 Å². The molecule has 6 nitrogen and oxygen atoms in total. The summed E-state index contributed by atoms with van der Waals surface area (Å²) < 4.78 is 2.60. The SMILES string of the molecule is CCC(c1nc2ccccc2c(=O)n1-c1ccc(Br)cc1)N(CCN(C)C)C(=O)C(C)C. The van der Waals surface area contributed by atoms with Crippen molar-refractivity contribution in [3.8, 4) is 5.69 Å². The third kappa shape index (κ3) is 5.10. The van der Waals surface area contributed by atoms with Gasteiger partial charge in [0, 0.05) is 23.5 Å². The van der Waals surface area contributed by atoms with Gasteiger partial charge in [-0.2, -0.15) is 0 Å². The van der Waals surface area contributed by atoms with E-state index in [1.165, 1.54) is 0 Å². The average Bonchev–Trinajstić information content (AvgIpc) is 2.77. The van der Waals surface area contributed by atoms with Crippen molar-refractivity contribution >= 4 is 32.7 Å². The molecule has 1 atom stereocenters. The Bertz CT molecular complexity index is 1140. The maximum atomic E-state index is 13.6. The number of halogens is 1. The van der Waals surface area contributed by atoms with Gasteiger partial charge in [0.15, 0.2) is 0 Å². The van der Waals surface area contributed by atoms with Gasteiger partial charge >= 0.3 is 0 Å². The fourth-order valence-electron chi connectivity index (χ4n) is 3.81. The Balaban J connectivity index is 2.27. The van der Waals surface area contributed by atoms with E-state index in [1.54, 1.807) is 10.6 Å². The van der Waals surface area contributed by atoms with Gasteiger partial charge in [-0.25, -0.2) is 4.98 Å². The fourth-order valence-corrected chi connectivity index (χ4v) is 4.08. The summed E-state index contributed by atoms with van der Waals surface area (Å²) >= 11 is 3.47. The molecule has 1 heterocycles. The highest BCUT2D eigenvalue weighted by Crippen LogP contribution is 2.27. The largest absolute Gasteiger partial charge is 0.331 e. The van der Waals surface area contributed by atoms with Gasteiger partial charge < -0.3 is 9.80 Å². The summed E-state index contributed by atoms with van der Waals surface area (Å²) in [6.07, 6.45) is 0.646. The Kier molecular flexibility index (Phi) is 7.85. The molecule has 1 amide bonds. The van der Waals surface area contributed by atoms with Crippen molar-refractivity contribution in [2.45, 2.75) is 33.2 Å². The number of benzene rings is 2.